The number of nitrogens with zero attached hydrogens (tertiary/aromatic N) is 3. The lowest BCUT2D eigenvalue weighted by molar-refractivity contribution is -0.384. The second-order valence-corrected chi connectivity index (χ2v) is 6.08. The van der Waals surface area contributed by atoms with E-state index in [2.05, 4.69) is 27.8 Å². The quantitative estimate of drug-likeness (QED) is 0.445. The lowest BCUT2D eigenvalue weighted by atomic mass is 10.1. The zero-order valence-corrected chi connectivity index (χ0v) is 14.2. The predicted octanol–water partition coefficient (Wildman–Crippen LogP) is 3.41. The van der Waals surface area contributed by atoms with E-state index in [1.54, 1.807) is 6.07 Å². The van der Waals surface area contributed by atoms with Gasteiger partial charge in [0.15, 0.2) is 0 Å². The minimum atomic E-state index is -0.287. The zero-order chi connectivity index (χ0) is 15.4. The van der Waals surface area contributed by atoms with E-state index in [0.29, 0.717) is 17.1 Å². The number of anilines is 1. The van der Waals surface area contributed by atoms with Gasteiger partial charge < -0.3 is 4.90 Å². The lowest BCUT2D eigenvalue weighted by Crippen LogP contribution is -2.38. The van der Waals surface area contributed by atoms with E-state index in [1.807, 2.05) is 24.1 Å². The molecule has 6 heteroatoms. The fraction of sp³-hybridized carbons (Fsp3) is 0.600. The molecule has 1 aliphatic heterocycles. The lowest BCUT2D eigenvalue weighted by Gasteiger charge is -2.28. The van der Waals surface area contributed by atoms with Crippen molar-refractivity contribution in [3.63, 3.8) is 0 Å². The van der Waals surface area contributed by atoms with Crippen molar-refractivity contribution in [2.45, 2.75) is 31.1 Å². The Bertz CT molecular complexity index is 510. The van der Waals surface area contributed by atoms with Crippen LogP contribution in [-0.2, 0) is 5.33 Å². The van der Waals surface area contributed by atoms with E-state index in [-0.39, 0.29) is 10.6 Å². The first-order valence-electron chi connectivity index (χ1n) is 7.35. The maximum atomic E-state index is 11.3. The molecule has 0 spiro atoms. The molecule has 0 radical (unpaired) electrons. The van der Waals surface area contributed by atoms with Crippen LogP contribution < -0.4 is 4.90 Å². The molecular weight excluding hydrogens is 334 g/mol. The Balaban J connectivity index is 2.18. The highest BCUT2D eigenvalue weighted by Gasteiger charge is 2.26. The molecule has 1 aromatic rings. The topological polar surface area (TPSA) is 49.6 Å². The number of nitro benzene ring substituents is 1. The van der Waals surface area contributed by atoms with Gasteiger partial charge in [-0.05, 0) is 37.6 Å². The summed E-state index contributed by atoms with van der Waals surface area (Å²) in [5, 5.41) is 11.9. The van der Waals surface area contributed by atoms with Crippen molar-refractivity contribution in [3.8, 4) is 0 Å². The molecule has 116 valence electrons. The van der Waals surface area contributed by atoms with Crippen LogP contribution in [0.3, 0.4) is 0 Å². The highest BCUT2D eigenvalue weighted by molar-refractivity contribution is 9.08. The van der Waals surface area contributed by atoms with Gasteiger partial charge in [-0.2, -0.15) is 0 Å². The Kier molecular flexibility index (Phi) is 5.58. The monoisotopic (exact) mass is 355 g/mol. The van der Waals surface area contributed by atoms with Crippen molar-refractivity contribution < 1.29 is 4.92 Å². The van der Waals surface area contributed by atoms with Gasteiger partial charge in [-0.3, -0.25) is 15.0 Å². The van der Waals surface area contributed by atoms with Gasteiger partial charge in [0.25, 0.3) is 5.69 Å². The summed E-state index contributed by atoms with van der Waals surface area (Å²) in [6.45, 7) is 5.19. The van der Waals surface area contributed by atoms with Crippen LogP contribution >= 0.6 is 15.9 Å². The molecule has 0 aromatic heterocycles. The van der Waals surface area contributed by atoms with Gasteiger partial charge in [0.1, 0.15) is 5.69 Å². The molecule has 0 N–H and O–H groups in total. The van der Waals surface area contributed by atoms with Crippen LogP contribution in [0.4, 0.5) is 11.4 Å². The number of nitro groups is 1. The average molecular weight is 356 g/mol. The molecule has 1 aromatic carbocycles. The number of alkyl halides is 1. The number of hydrogen-bond acceptors (Lipinski definition) is 4. The Labute approximate surface area is 134 Å². The smallest absolute Gasteiger partial charge is 0.292 e. The first kappa shape index (κ1) is 16.2. The highest BCUT2D eigenvalue weighted by Crippen LogP contribution is 2.30. The third-order valence-electron chi connectivity index (χ3n) is 4.19. The van der Waals surface area contributed by atoms with E-state index >= 15 is 0 Å². The molecule has 1 saturated heterocycles. The van der Waals surface area contributed by atoms with Gasteiger partial charge in [0.05, 0.1) is 4.92 Å². The molecule has 0 aliphatic carbocycles. The second-order valence-electron chi connectivity index (χ2n) is 5.52. The van der Waals surface area contributed by atoms with Crippen molar-refractivity contribution in [1.82, 2.24) is 4.90 Å². The SMILES string of the molecule is CCN1CCCC1CN(C)c1ccc(CBr)cc1[N+](=O)[O-]. The van der Waals surface area contributed by atoms with E-state index in [4.69, 9.17) is 0 Å². The third-order valence-corrected chi connectivity index (χ3v) is 4.84. The van der Waals surface area contributed by atoms with Crippen molar-refractivity contribution >= 4 is 27.3 Å². The largest absolute Gasteiger partial charge is 0.367 e. The van der Waals surface area contributed by atoms with Crippen LogP contribution in [0.1, 0.15) is 25.3 Å². The van der Waals surface area contributed by atoms with Crippen LogP contribution in [0.2, 0.25) is 0 Å². The summed E-state index contributed by atoms with van der Waals surface area (Å²) in [5.74, 6) is 0. The molecule has 1 heterocycles. The summed E-state index contributed by atoms with van der Waals surface area (Å²) in [6.07, 6.45) is 2.39. The van der Waals surface area contributed by atoms with E-state index in [1.165, 1.54) is 12.8 Å². The van der Waals surface area contributed by atoms with Crippen LogP contribution in [-0.4, -0.2) is 42.5 Å². The molecule has 1 unspecified atom stereocenters. The van der Waals surface area contributed by atoms with Crippen molar-refractivity contribution in [3.05, 3.63) is 33.9 Å². The van der Waals surface area contributed by atoms with Crippen LogP contribution in [0, 0.1) is 10.1 Å². The molecule has 1 fully saturated rings. The van der Waals surface area contributed by atoms with Crippen LogP contribution in [0.5, 0.6) is 0 Å². The summed E-state index contributed by atoms with van der Waals surface area (Å²) in [5.41, 5.74) is 1.82. The average Bonchev–Trinajstić information content (AvgIpc) is 2.93. The number of likely N-dealkylation sites (tertiary alicyclic amines) is 1. The number of likely N-dealkylation sites (N-methyl/N-ethyl adjacent to an activating group) is 2. The Morgan fingerprint density at radius 2 is 2.29 bits per heavy atom. The van der Waals surface area contributed by atoms with E-state index in [0.717, 1.165) is 25.2 Å². The molecular formula is C15H22BrN3O2. The second kappa shape index (κ2) is 7.22. The number of hydrogen-bond donors (Lipinski definition) is 0. The molecule has 2 rings (SSSR count). The van der Waals surface area contributed by atoms with E-state index in [9.17, 15) is 10.1 Å². The van der Waals surface area contributed by atoms with Crippen molar-refractivity contribution in [2.24, 2.45) is 0 Å². The predicted molar refractivity (Wildman–Crippen MR) is 89.3 cm³/mol. The number of benzene rings is 1. The van der Waals surface area contributed by atoms with Gasteiger partial charge >= 0.3 is 0 Å². The van der Waals surface area contributed by atoms with Gasteiger partial charge in [-0.25, -0.2) is 0 Å². The van der Waals surface area contributed by atoms with Gasteiger partial charge in [-0.15, -0.1) is 0 Å². The van der Waals surface area contributed by atoms with Crippen molar-refractivity contribution in [1.29, 1.82) is 0 Å². The fourth-order valence-corrected chi connectivity index (χ4v) is 3.40. The summed E-state index contributed by atoms with van der Waals surface area (Å²) >= 11 is 3.35. The molecule has 1 atom stereocenters. The Morgan fingerprint density at radius 1 is 1.52 bits per heavy atom. The van der Waals surface area contributed by atoms with Gasteiger partial charge in [0.2, 0.25) is 0 Å². The summed E-state index contributed by atoms with van der Waals surface area (Å²) < 4.78 is 0. The minimum Gasteiger partial charge on any atom is -0.367 e. The first-order valence-corrected chi connectivity index (χ1v) is 8.47. The third kappa shape index (κ3) is 3.74. The molecule has 0 saturated carbocycles. The first-order chi connectivity index (χ1) is 10.1. The summed E-state index contributed by atoms with van der Waals surface area (Å²) in [4.78, 5) is 15.5. The molecule has 0 bridgehead atoms. The number of rotatable bonds is 6. The molecule has 1 aliphatic rings. The van der Waals surface area contributed by atoms with Gasteiger partial charge in [0, 0.05) is 31.0 Å². The normalized spacial score (nSPS) is 18.9. The summed E-state index contributed by atoms with van der Waals surface area (Å²) in [7, 11) is 1.95. The Morgan fingerprint density at radius 3 is 2.90 bits per heavy atom. The standard InChI is InChI=1S/C15H22BrN3O2/c1-3-18-8-4-5-13(18)11-17(2)14-7-6-12(10-16)9-15(14)19(20)21/h6-7,9,13H,3-5,8,10-11H2,1-2H3. The molecule has 5 nitrogen and oxygen atoms in total. The maximum Gasteiger partial charge on any atom is 0.292 e. The zero-order valence-electron chi connectivity index (χ0n) is 12.6. The fourth-order valence-electron chi connectivity index (χ4n) is 3.05. The summed E-state index contributed by atoms with van der Waals surface area (Å²) in [6, 6.07) is 5.96. The van der Waals surface area contributed by atoms with E-state index < -0.39 is 0 Å². The highest BCUT2D eigenvalue weighted by atomic mass is 79.9. The van der Waals surface area contributed by atoms with Crippen molar-refractivity contribution in [2.75, 3.05) is 31.6 Å². The van der Waals surface area contributed by atoms with Crippen LogP contribution in [0.25, 0.3) is 0 Å². The Hall–Kier alpha value is -1.14. The maximum absolute atomic E-state index is 11.3. The molecule has 21 heavy (non-hydrogen) atoms. The molecule has 0 amide bonds. The van der Waals surface area contributed by atoms with Crippen LogP contribution in [0.15, 0.2) is 18.2 Å². The van der Waals surface area contributed by atoms with Gasteiger partial charge in [-0.1, -0.05) is 28.9 Å². The number of halogens is 1. The minimum absolute atomic E-state index is 0.190.